The van der Waals surface area contributed by atoms with Crippen molar-refractivity contribution in [3.63, 3.8) is 0 Å². The lowest BCUT2D eigenvalue weighted by Crippen LogP contribution is -2.70. The summed E-state index contributed by atoms with van der Waals surface area (Å²) < 4.78 is 54.8. The summed E-state index contributed by atoms with van der Waals surface area (Å²) in [4.78, 5) is 26.6. The van der Waals surface area contributed by atoms with Gasteiger partial charge in [0.2, 0.25) is 0 Å². The summed E-state index contributed by atoms with van der Waals surface area (Å²) in [6.45, 7) is 12.9. The minimum atomic E-state index is -2.28. The van der Waals surface area contributed by atoms with Crippen molar-refractivity contribution in [1.82, 2.24) is 0 Å². The molecule has 15 N–H and O–H groups in total. The third-order valence-corrected chi connectivity index (χ3v) is 22.3. The van der Waals surface area contributed by atoms with Gasteiger partial charge >= 0.3 is 11.9 Å². The molecule has 9 rings (SSSR count). The highest BCUT2D eigenvalue weighted by molar-refractivity contribution is 5.87. The standard InChI is InChI=1S/C58H92O26/c1-9-24(2)48(75)79-34-18-53(3,4)16-26-25-10-11-31-54(5)14-13-33(55(6,22-61)30(54)12-15-56(31,7)57(25,8)17-32(64)58(26,34)23-62)80-52-46(84-50-41(71)39(69)37(67)29(20-60)78-50)43(42(72)44(82-52)47(73)74)81-51-45(35(65)27(63)21-76-51)83-49-40(70)38(68)36(66)28(19-59)77-49/h9-10,26-46,49-52,59-72H,11-23H2,1-8H3,(H,73,74)/b24-9+/t26-,27-,28+,29+,30+,31+,32+,33-,34-,35-,36+,37-,38-,39-,40+,41+,42-,43-,44-,45+,46+,49-,50-,51?,52+,54-,55-,56+,57+,58-/m0/s1. The quantitative estimate of drug-likeness (QED) is 0.0352. The number of hydrogen-bond donors (Lipinski definition) is 15. The monoisotopic (exact) mass is 1200 g/mol. The molecule has 4 aliphatic heterocycles. The number of carboxylic acids is 1. The highest BCUT2D eigenvalue weighted by Gasteiger charge is 2.73. The van der Waals surface area contributed by atoms with Crippen molar-refractivity contribution in [2.45, 2.75) is 242 Å². The second kappa shape index (κ2) is 24.4. The lowest BCUT2D eigenvalue weighted by molar-refractivity contribution is -0.401. The van der Waals surface area contributed by atoms with Crippen molar-refractivity contribution in [3.05, 3.63) is 23.3 Å². The molecule has 0 bridgehead atoms. The predicted octanol–water partition coefficient (Wildman–Crippen LogP) is -2.40. The van der Waals surface area contributed by atoms with Crippen LogP contribution in [0.2, 0.25) is 0 Å². The molecule has 0 amide bonds. The molecule has 26 nitrogen and oxygen atoms in total. The van der Waals surface area contributed by atoms with E-state index in [1.165, 1.54) is 0 Å². The number of allylic oxidation sites excluding steroid dienone is 3. The third kappa shape index (κ3) is 10.8. The normalized spacial score (nSPS) is 52.2. The minimum Gasteiger partial charge on any atom is -0.479 e. The van der Waals surface area contributed by atoms with E-state index >= 15 is 0 Å². The molecule has 4 heterocycles. The third-order valence-electron chi connectivity index (χ3n) is 22.3. The van der Waals surface area contributed by atoms with Gasteiger partial charge in [0.15, 0.2) is 31.3 Å². The van der Waals surface area contributed by atoms with Gasteiger partial charge in [-0.3, -0.25) is 0 Å². The van der Waals surface area contributed by atoms with E-state index in [0.717, 1.165) is 5.57 Å². The number of hydrogen-bond acceptors (Lipinski definition) is 25. The highest BCUT2D eigenvalue weighted by Crippen LogP contribution is 2.76. The van der Waals surface area contributed by atoms with Crippen LogP contribution >= 0.6 is 0 Å². The molecule has 9 aliphatic rings. The summed E-state index contributed by atoms with van der Waals surface area (Å²) in [7, 11) is 0. The second-order valence-corrected chi connectivity index (χ2v) is 27.3. The minimum absolute atomic E-state index is 0.0549. The largest absolute Gasteiger partial charge is 0.479 e. The Labute approximate surface area is 487 Å². The van der Waals surface area contributed by atoms with Gasteiger partial charge in [-0.1, -0.05) is 59.3 Å². The fourth-order valence-corrected chi connectivity index (χ4v) is 17.1. The van der Waals surface area contributed by atoms with Gasteiger partial charge in [-0.15, -0.1) is 0 Å². The molecule has 0 aromatic heterocycles. The molecular formula is C58H92O26. The molecule has 1 unspecified atom stereocenters. The maximum absolute atomic E-state index is 13.4. The predicted molar refractivity (Wildman–Crippen MR) is 285 cm³/mol. The molecule has 0 spiro atoms. The number of esters is 1. The SMILES string of the molecule is C/C=C(\C)C(=O)O[C@H]1CC(C)(C)C[C@H]2C3=CC[C@@H]4[C@@]5(C)CC[C@H](O[C@@H]6O[C@H](C(=O)O)[C@@H](O)[C@H](OC7OC[C@H](O)[C@H](O)[C@H]7O[C@@H]7O[C@H](CO)[C@@H](O)[C@H](O)[C@H]7O)[C@H]6O[C@@H]6O[C@H](CO)[C@H](O)[C@H](O)[C@H]6O)[C@@](C)(CO)[C@@H]5CC[C@@]4(C)[C@]3(C)C[C@@H](O)[C@@]12CO. The highest BCUT2D eigenvalue weighted by atomic mass is 16.8. The molecule has 0 radical (unpaired) electrons. The van der Waals surface area contributed by atoms with E-state index < -0.39 is 207 Å². The number of carbonyl (C=O) groups excluding carboxylic acids is 1. The zero-order valence-electron chi connectivity index (χ0n) is 49.0. The van der Waals surface area contributed by atoms with E-state index in [9.17, 15) is 86.2 Å². The number of carbonyl (C=O) groups is 2. The average molecular weight is 1210 g/mol. The Morgan fingerprint density at radius 2 is 1.23 bits per heavy atom. The van der Waals surface area contributed by atoms with E-state index in [-0.39, 0.29) is 36.0 Å². The number of aliphatic hydroxyl groups excluding tert-OH is 14. The molecule has 30 atom stereocenters. The maximum atomic E-state index is 13.4. The average Bonchev–Trinajstić information content (AvgIpc) is 0.764. The van der Waals surface area contributed by atoms with Crippen molar-refractivity contribution in [2.75, 3.05) is 33.0 Å². The van der Waals surface area contributed by atoms with Crippen molar-refractivity contribution in [1.29, 1.82) is 0 Å². The molecular weight excluding hydrogens is 1110 g/mol. The first-order valence-corrected chi connectivity index (χ1v) is 29.6. The summed E-state index contributed by atoms with van der Waals surface area (Å²) in [6.07, 6.45) is -32.0. The van der Waals surface area contributed by atoms with Crippen LogP contribution in [-0.4, -0.2) is 257 Å². The number of ether oxygens (including phenoxy) is 9. The smallest absolute Gasteiger partial charge is 0.335 e. The van der Waals surface area contributed by atoms with E-state index in [2.05, 4.69) is 40.7 Å². The number of fused-ring (bicyclic) bond motifs is 7. The molecule has 0 aromatic carbocycles. The van der Waals surface area contributed by atoms with Crippen LogP contribution in [0.5, 0.6) is 0 Å². The van der Waals surface area contributed by atoms with Gasteiger partial charge < -0.3 is 119 Å². The summed E-state index contributed by atoms with van der Waals surface area (Å²) >= 11 is 0. The van der Waals surface area contributed by atoms with E-state index in [1.807, 2.05) is 6.92 Å². The van der Waals surface area contributed by atoms with Crippen LogP contribution < -0.4 is 0 Å². The Bertz CT molecular complexity index is 2410. The van der Waals surface area contributed by atoms with Gasteiger partial charge in [0.25, 0.3) is 0 Å². The van der Waals surface area contributed by atoms with Crippen LogP contribution in [0, 0.1) is 50.2 Å². The van der Waals surface area contributed by atoms with Gasteiger partial charge in [0, 0.05) is 11.0 Å². The van der Waals surface area contributed by atoms with Crippen molar-refractivity contribution < 1.29 is 129 Å². The van der Waals surface area contributed by atoms with Gasteiger partial charge in [-0.05, 0) is 105 Å². The molecule has 5 aliphatic carbocycles. The molecule has 8 fully saturated rings. The lowest BCUT2D eigenvalue weighted by Gasteiger charge is -2.72. The fourth-order valence-electron chi connectivity index (χ4n) is 17.1. The molecule has 4 saturated carbocycles. The van der Waals surface area contributed by atoms with Crippen LogP contribution in [0.1, 0.15) is 107 Å². The zero-order chi connectivity index (χ0) is 61.7. The molecule has 26 heteroatoms. The molecule has 84 heavy (non-hydrogen) atoms. The van der Waals surface area contributed by atoms with E-state index in [0.29, 0.717) is 44.1 Å². The van der Waals surface area contributed by atoms with Gasteiger partial charge in [-0.25, -0.2) is 9.59 Å². The first-order chi connectivity index (χ1) is 39.4. The fraction of sp³-hybridized carbons (Fsp3) is 0.897. The maximum Gasteiger partial charge on any atom is 0.335 e. The Hall–Kier alpha value is -2.46. The number of aliphatic hydroxyl groups is 14. The van der Waals surface area contributed by atoms with Crippen molar-refractivity contribution in [3.8, 4) is 0 Å². The second-order valence-electron chi connectivity index (χ2n) is 27.3. The van der Waals surface area contributed by atoms with Crippen LogP contribution in [0.25, 0.3) is 0 Å². The van der Waals surface area contributed by atoms with E-state index in [4.69, 9.17) is 42.6 Å². The number of carboxylic acid groups (broad SMARTS) is 1. The van der Waals surface area contributed by atoms with Crippen LogP contribution in [-0.2, 0) is 52.2 Å². The number of rotatable bonds is 15. The first-order valence-electron chi connectivity index (χ1n) is 29.6. The summed E-state index contributed by atoms with van der Waals surface area (Å²) in [5, 5.41) is 166. The molecule has 0 aromatic rings. The summed E-state index contributed by atoms with van der Waals surface area (Å²) in [5.41, 5.74) is -2.72. The Balaban J connectivity index is 1.05. The summed E-state index contributed by atoms with van der Waals surface area (Å²) in [6, 6.07) is 0. The molecule has 4 saturated heterocycles. The Morgan fingerprint density at radius 3 is 1.79 bits per heavy atom. The van der Waals surface area contributed by atoms with Gasteiger partial charge in [0.05, 0.1) is 50.7 Å². The van der Waals surface area contributed by atoms with Crippen molar-refractivity contribution in [2.24, 2.45) is 50.2 Å². The molecule has 480 valence electrons. The van der Waals surface area contributed by atoms with E-state index in [1.54, 1.807) is 19.9 Å². The van der Waals surface area contributed by atoms with Crippen LogP contribution in [0.4, 0.5) is 0 Å². The first kappa shape index (κ1) is 66.0. The Morgan fingerprint density at radius 1 is 0.631 bits per heavy atom. The van der Waals surface area contributed by atoms with Crippen LogP contribution in [0.15, 0.2) is 23.3 Å². The zero-order valence-corrected chi connectivity index (χ0v) is 49.0. The summed E-state index contributed by atoms with van der Waals surface area (Å²) in [5.74, 6) is -2.94. The topological polar surface area (TPSA) is 421 Å². The van der Waals surface area contributed by atoms with Crippen LogP contribution in [0.3, 0.4) is 0 Å². The van der Waals surface area contributed by atoms with Gasteiger partial charge in [-0.2, -0.15) is 0 Å². The van der Waals surface area contributed by atoms with Crippen molar-refractivity contribution >= 4 is 11.9 Å². The van der Waals surface area contributed by atoms with Gasteiger partial charge in [0.1, 0.15) is 91.6 Å². The number of aliphatic carboxylic acids is 1. The Kier molecular flexibility index (Phi) is 19.2. The lowest BCUT2D eigenvalue weighted by atomic mass is 9.33.